The first-order valence-corrected chi connectivity index (χ1v) is 11.6. The predicted octanol–water partition coefficient (Wildman–Crippen LogP) is 4.29. The molecular formula is C25H24F2N8O3. The van der Waals surface area contributed by atoms with Crippen molar-refractivity contribution in [1.29, 1.82) is 0 Å². The topological polar surface area (TPSA) is 137 Å². The van der Waals surface area contributed by atoms with E-state index in [0.29, 0.717) is 11.3 Å². The number of anilines is 2. The summed E-state index contributed by atoms with van der Waals surface area (Å²) >= 11 is 0. The first-order chi connectivity index (χ1) is 18.3. The van der Waals surface area contributed by atoms with Crippen molar-refractivity contribution in [2.45, 2.75) is 25.9 Å². The lowest BCUT2D eigenvalue weighted by atomic mass is 10.2. The molecule has 38 heavy (non-hydrogen) atoms. The van der Waals surface area contributed by atoms with Gasteiger partial charge in [-0.15, -0.1) is 0 Å². The highest BCUT2D eigenvalue weighted by Gasteiger charge is 2.29. The lowest BCUT2D eigenvalue weighted by molar-refractivity contribution is -0.117. The summed E-state index contributed by atoms with van der Waals surface area (Å²) in [5.74, 6) is -1.21. The molecule has 2 amide bonds. The van der Waals surface area contributed by atoms with E-state index < -0.39 is 24.0 Å². The largest absolute Gasteiger partial charge is 0.441 e. The summed E-state index contributed by atoms with van der Waals surface area (Å²) in [6.07, 6.45) is 8.35. The molecule has 4 heterocycles. The van der Waals surface area contributed by atoms with E-state index in [4.69, 9.17) is 4.74 Å². The summed E-state index contributed by atoms with van der Waals surface area (Å²) in [6, 6.07) is 6.63. The number of nitrogens with one attached hydrogen (secondary N) is 2. The van der Waals surface area contributed by atoms with Crippen LogP contribution in [-0.2, 0) is 16.6 Å². The van der Waals surface area contributed by atoms with Gasteiger partial charge in [0.2, 0.25) is 11.9 Å². The zero-order valence-electron chi connectivity index (χ0n) is 20.5. The molecule has 1 atom stereocenters. The maximum Gasteiger partial charge on any atom is 0.413 e. The minimum Gasteiger partial charge on any atom is -0.441 e. The zero-order chi connectivity index (χ0) is 27.1. The molecule has 11 nitrogen and oxygen atoms in total. The minimum absolute atomic E-state index is 0.0499. The van der Waals surface area contributed by atoms with Crippen molar-refractivity contribution < 1.29 is 23.1 Å². The van der Waals surface area contributed by atoms with Gasteiger partial charge < -0.3 is 10.1 Å². The van der Waals surface area contributed by atoms with Crippen molar-refractivity contribution in [2.24, 2.45) is 13.0 Å². The molecule has 0 spiro atoms. The highest BCUT2D eigenvalue weighted by molar-refractivity contribution is 5.94. The Morgan fingerprint density at radius 1 is 1.03 bits per heavy atom. The number of ether oxygens (including phenoxy) is 1. The minimum atomic E-state index is -1.10. The lowest BCUT2D eigenvalue weighted by Crippen LogP contribution is -2.19. The second-order valence-corrected chi connectivity index (χ2v) is 8.32. The Morgan fingerprint density at radius 2 is 1.74 bits per heavy atom. The molecular weight excluding hydrogens is 498 g/mol. The number of halogens is 2. The van der Waals surface area contributed by atoms with Crippen LogP contribution < -0.4 is 10.6 Å². The second-order valence-electron chi connectivity index (χ2n) is 8.32. The molecule has 4 aromatic heterocycles. The molecule has 2 N–H and O–H groups in total. The molecule has 0 radical (unpaired) electrons. The zero-order valence-corrected chi connectivity index (χ0v) is 20.5. The van der Waals surface area contributed by atoms with E-state index in [2.05, 4.69) is 35.7 Å². The standard InChI is InChI=1S/C20H19F2N7O3.C5H5N/c1-10(14-5-12(21)6-23-16(14)22)32-20(31)28-18-15(9-26-29(18)2)17-24-7-13(8-25-17)27-19(30)11-3-4-11;1-2-4-6-5-3-1/h5-11H,3-4H2,1-2H3,(H,27,30)(H,28,31);1-5H. The Labute approximate surface area is 216 Å². The maximum absolute atomic E-state index is 13.8. The maximum atomic E-state index is 13.8. The van der Waals surface area contributed by atoms with Gasteiger partial charge in [0.05, 0.1) is 41.6 Å². The number of amides is 2. The third-order valence-electron chi connectivity index (χ3n) is 5.39. The van der Waals surface area contributed by atoms with Crippen molar-refractivity contribution in [3.05, 3.63) is 78.8 Å². The average Bonchev–Trinajstić information content (AvgIpc) is 3.72. The summed E-state index contributed by atoms with van der Waals surface area (Å²) in [6.45, 7) is 1.39. The second kappa shape index (κ2) is 12.0. The number of nitrogens with zero attached hydrogens (tertiary/aromatic N) is 6. The van der Waals surface area contributed by atoms with Crippen LogP contribution in [0, 0.1) is 17.7 Å². The van der Waals surface area contributed by atoms with Gasteiger partial charge >= 0.3 is 6.09 Å². The van der Waals surface area contributed by atoms with Gasteiger partial charge in [0.15, 0.2) is 5.82 Å². The molecule has 5 rings (SSSR count). The summed E-state index contributed by atoms with van der Waals surface area (Å²) in [5, 5.41) is 9.35. The Morgan fingerprint density at radius 3 is 2.34 bits per heavy atom. The fourth-order valence-electron chi connectivity index (χ4n) is 3.26. The van der Waals surface area contributed by atoms with Crippen LogP contribution in [0.15, 0.2) is 61.4 Å². The third-order valence-corrected chi connectivity index (χ3v) is 5.39. The van der Waals surface area contributed by atoms with Crippen molar-refractivity contribution in [3.63, 3.8) is 0 Å². The molecule has 4 aromatic rings. The van der Waals surface area contributed by atoms with E-state index in [0.717, 1.165) is 25.1 Å². The quantitative estimate of drug-likeness (QED) is 0.358. The van der Waals surface area contributed by atoms with Gasteiger partial charge in [0.25, 0.3) is 0 Å². The van der Waals surface area contributed by atoms with Gasteiger partial charge in [-0.05, 0) is 38.0 Å². The smallest absolute Gasteiger partial charge is 0.413 e. The molecule has 1 aliphatic carbocycles. The lowest BCUT2D eigenvalue weighted by Gasteiger charge is -2.15. The van der Waals surface area contributed by atoms with Crippen LogP contribution in [-0.4, -0.2) is 41.7 Å². The van der Waals surface area contributed by atoms with Crippen LogP contribution in [0.4, 0.5) is 25.1 Å². The van der Waals surface area contributed by atoms with Gasteiger partial charge in [-0.2, -0.15) is 9.49 Å². The van der Waals surface area contributed by atoms with Crippen molar-refractivity contribution in [2.75, 3.05) is 10.6 Å². The van der Waals surface area contributed by atoms with Crippen LogP contribution in [0.25, 0.3) is 11.4 Å². The molecule has 13 heteroatoms. The number of hydrogen-bond donors (Lipinski definition) is 2. The van der Waals surface area contributed by atoms with Crippen LogP contribution in [0.5, 0.6) is 0 Å². The summed E-state index contributed by atoms with van der Waals surface area (Å²) in [5.41, 5.74) is 0.663. The first kappa shape index (κ1) is 26.3. The highest BCUT2D eigenvalue weighted by atomic mass is 19.1. The fraction of sp³-hybridized carbons (Fsp3) is 0.240. The number of pyridine rings is 2. The number of aromatic nitrogens is 6. The van der Waals surface area contributed by atoms with E-state index in [-0.39, 0.29) is 29.0 Å². The van der Waals surface area contributed by atoms with Gasteiger partial charge in [-0.1, -0.05) is 6.07 Å². The number of carbonyl (C=O) groups is 2. The SMILES string of the molecule is CC(OC(=O)Nc1c(-c2ncc(NC(=O)C3CC3)cn2)cnn1C)c1cc(F)cnc1F.c1ccncc1. The first-order valence-electron chi connectivity index (χ1n) is 11.6. The van der Waals surface area contributed by atoms with E-state index >= 15 is 0 Å². The average molecular weight is 523 g/mol. The molecule has 1 saturated carbocycles. The van der Waals surface area contributed by atoms with Gasteiger partial charge in [-0.3, -0.25) is 19.8 Å². The number of hydrogen-bond acceptors (Lipinski definition) is 8. The molecule has 196 valence electrons. The van der Waals surface area contributed by atoms with Gasteiger partial charge in [-0.25, -0.2) is 24.1 Å². The van der Waals surface area contributed by atoms with Crippen LogP contribution in [0.1, 0.15) is 31.4 Å². The normalized spacial score (nSPS) is 13.1. The monoisotopic (exact) mass is 522 g/mol. The molecule has 0 aliphatic heterocycles. The van der Waals surface area contributed by atoms with Crippen LogP contribution >= 0.6 is 0 Å². The number of carbonyl (C=O) groups excluding carboxylic acids is 2. The predicted molar refractivity (Wildman–Crippen MR) is 132 cm³/mol. The summed E-state index contributed by atoms with van der Waals surface area (Å²) < 4.78 is 33.7. The molecule has 1 unspecified atom stereocenters. The molecule has 1 fully saturated rings. The summed E-state index contributed by atoms with van der Waals surface area (Å²) in [4.78, 5) is 39.7. The van der Waals surface area contributed by atoms with Crippen molar-refractivity contribution in [1.82, 2.24) is 29.7 Å². The number of rotatable bonds is 6. The van der Waals surface area contributed by atoms with Crippen LogP contribution in [0.2, 0.25) is 0 Å². The third kappa shape index (κ3) is 6.90. The molecule has 0 aromatic carbocycles. The summed E-state index contributed by atoms with van der Waals surface area (Å²) in [7, 11) is 1.59. The van der Waals surface area contributed by atoms with E-state index in [1.54, 1.807) is 19.4 Å². The van der Waals surface area contributed by atoms with Crippen molar-refractivity contribution in [3.8, 4) is 11.4 Å². The van der Waals surface area contributed by atoms with Gasteiger partial charge in [0, 0.05) is 25.4 Å². The molecule has 1 aliphatic rings. The molecule has 0 saturated heterocycles. The van der Waals surface area contributed by atoms with E-state index in [1.807, 2.05) is 18.2 Å². The Kier molecular flexibility index (Phi) is 8.26. The van der Waals surface area contributed by atoms with E-state index in [1.165, 1.54) is 30.2 Å². The fourth-order valence-corrected chi connectivity index (χ4v) is 3.26. The van der Waals surface area contributed by atoms with Gasteiger partial charge in [0.1, 0.15) is 17.7 Å². The highest BCUT2D eigenvalue weighted by Crippen LogP contribution is 2.30. The number of aryl methyl sites for hydroxylation is 1. The Bertz CT molecular complexity index is 1370. The molecule has 0 bridgehead atoms. The Balaban J connectivity index is 0.000000494. The van der Waals surface area contributed by atoms with Crippen LogP contribution in [0.3, 0.4) is 0 Å². The van der Waals surface area contributed by atoms with Crippen molar-refractivity contribution >= 4 is 23.5 Å². The Hall–Kier alpha value is -4.81. The van der Waals surface area contributed by atoms with E-state index in [9.17, 15) is 18.4 Å².